The minimum absolute atomic E-state index is 0.148. The van der Waals surface area contributed by atoms with Gasteiger partial charge in [0, 0.05) is 5.56 Å². The highest BCUT2D eigenvalue weighted by Gasteiger charge is 2.13. The van der Waals surface area contributed by atoms with Gasteiger partial charge in [-0.1, -0.05) is 30.3 Å². The van der Waals surface area contributed by atoms with Crippen molar-refractivity contribution in [2.75, 3.05) is 12.5 Å². The van der Waals surface area contributed by atoms with E-state index in [1.807, 2.05) is 72.8 Å². The average molecular weight is 343 g/mol. The van der Waals surface area contributed by atoms with Crippen LogP contribution in [0.4, 0.5) is 5.69 Å². The first kappa shape index (κ1) is 15.9. The second-order valence-corrected chi connectivity index (χ2v) is 5.80. The molecule has 0 aliphatic rings. The van der Waals surface area contributed by atoms with Crippen molar-refractivity contribution in [3.05, 3.63) is 89.2 Å². The second kappa shape index (κ2) is 6.72. The average Bonchev–Trinajstić information content (AvgIpc) is 2.71. The third-order valence-corrected chi connectivity index (χ3v) is 4.14. The summed E-state index contributed by atoms with van der Waals surface area (Å²) < 4.78 is 6.71. The van der Waals surface area contributed by atoms with Gasteiger partial charge in [-0.3, -0.25) is 10.2 Å². The molecular weight excluding hydrogens is 326 g/mol. The van der Waals surface area contributed by atoms with Crippen molar-refractivity contribution in [3.63, 3.8) is 0 Å². The molecule has 1 heterocycles. The number of aromatic nitrogens is 2. The maximum atomic E-state index is 13.1. The highest BCUT2D eigenvalue weighted by Crippen LogP contribution is 2.22. The highest BCUT2D eigenvalue weighted by molar-refractivity contribution is 5.80. The third kappa shape index (κ3) is 2.91. The minimum atomic E-state index is -0.148. The van der Waals surface area contributed by atoms with Crippen LogP contribution in [0.3, 0.4) is 0 Å². The molecule has 128 valence electrons. The molecule has 0 atom stereocenters. The zero-order valence-electron chi connectivity index (χ0n) is 14.2. The van der Waals surface area contributed by atoms with Gasteiger partial charge in [0.2, 0.25) is 0 Å². The number of fused-ring (bicyclic) bond motifs is 1. The molecule has 0 unspecified atom stereocenters. The Kier molecular flexibility index (Phi) is 4.11. The monoisotopic (exact) mass is 343 g/mol. The Hall–Kier alpha value is -3.60. The Morgan fingerprint density at radius 2 is 1.58 bits per heavy atom. The van der Waals surface area contributed by atoms with Gasteiger partial charge in [-0.05, 0) is 48.5 Å². The Morgan fingerprint density at radius 1 is 0.885 bits per heavy atom. The molecule has 0 bridgehead atoms. The Labute approximate surface area is 150 Å². The lowest BCUT2D eigenvalue weighted by atomic mass is 10.2. The Morgan fingerprint density at radius 3 is 2.31 bits per heavy atom. The lowest BCUT2D eigenvalue weighted by Crippen LogP contribution is -2.29. The molecule has 5 heteroatoms. The SMILES string of the molecule is COc1ccc(-c2nc3ccccc3c(=O)n2Nc2ccccc2)cc1. The molecule has 4 aromatic rings. The normalized spacial score (nSPS) is 10.7. The second-order valence-electron chi connectivity index (χ2n) is 5.80. The van der Waals surface area contributed by atoms with E-state index >= 15 is 0 Å². The van der Waals surface area contributed by atoms with Crippen LogP contribution < -0.4 is 15.7 Å². The molecule has 26 heavy (non-hydrogen) atoms. The summed E-state index contributed by atoms with van der Waals surface area (Å²) in [5.41, 5.74) is 5.31. The molecule has 0 saturated carbocycles. The van der Waals surface area contributed by atoms with Gasteiger partial charge in [0.05, 0.1) is 23.7 Å². The van der Waals surface area contributed by atoms with Crippen molar-refractivity contribution < 1.29 is 4.74 Å². The largest absolute Gasteiger partial charge is 0.497 e. The topological polar surface area (TPSA) is 56.1 Å². The van der Waals surface area contributed by atoms with E-state index in [0.717, 1.165) is 17.0 Å². The van der Waals surface area contributed by atoms with Crippen LogP contribution in [0, 0.1) is 0 Å². The van der Waals surface area contributed by atoms with Gasteiger partial charge in [0.25, 0.3) is 5.56 Å². The van der Waals surface area contributed by atoms with Gasteiger partial charge in [0.1, 0.15) is 5.75 Å². The van der Waals surface area contributed by atoms with Crippen molar-refractivity contribution in [2.45, 2.75) is 0 Å². The van der Waals surface area contributed by atoms with E-state index in [-0.39, 0.29) is 5.56 Å². The number of anilines is 1. The highest BCUT2D eigenvalue weighted by atomic mass is 16.5. The van der Waals surface area contributed by atoms with Crippen molar-refractivity contribution >= 4 is 16.6 Å². The standard InChI is InChI=1S/C21H17N3O2/c1-26-17-13-11-15(12-14-17)20-22-19-10-6-5-9-18(19)21(25)24(20)23-16-7-3-2-4-8-16/h2-14,23H,1H3. The molecule has 0 aliphatic heterocycles. The van der Waals surface area contributed by atoms with E-state index in [1.165, 1.54) is 4.68 Å². The van der Waals surface area contributed by atoms with Gasteiger partial charge in [-0.15, -0.1) is 0 Å². The van der Waals surface area contributed by atoms with Crippen molar-refractivity contribution in [1.82, 2.24) is 9.66 Å². The number of hydrogen-bond acceptors (Lipinski definition) is 4. The first-order valence-electron chi connectivity index (χ1n) is 8.24. The number of ether oxygens (including phenoxy) is 1. The number of benzene rings is 3. The van der Waals surface area contributed by atoms with Crippen molar-refractivity contribution in [2.24, 2.45) is 0 Å². The summed E-state index contributed by atoms with van der Waals surface area (Å²) in [7, 11) is 1.62. The number of rotatable bonds is 4. The molecule has 0 spiro atoms. The zero-order chi connectivity index (χ0) is 17.9. The number of hydrogen-bond donors (Lipinski definition) is 1. The van der Waals surface area contributed by atoms with Gasteiger partial charge in [0.15, 0.2) is 5.82 Å². The molecule has 4 rings (SSSR count). The maximum absolute atomic E-state index is 13.1. The summed E-state index contributed by atoms with van der Waals surface area (Å²) in [6.07, 6.45) is 0. The summed E-state index contributed by atoms with van der Waals surface area (Å²) in [6.45, 7) is 0. The zero-order valence-corrected chi connectivity index (χ0v) is 14.2. The molecule has 0 fully saturated rings. The van der Waals surface area contributed by atoms with Gasteiger partial charge in [-0.25, -0.2) is 9.66 Å². The first-order valence-corrected chi connectivity index (χ1v) is 8.24. The molecule has 1 aromatic heterocycles. The fraction of sp³-hybridized carbons (Fsp3) is 0.0476. The van der Waals surface area contributed by atoms with Crippen LogP contribution in [0.2, 0.25) is 0 Å². The maximum Gasteiger partial charge on any atom is 0.280 e. The Balaban J connectivity index is 1.94. The fourth-order valence-corrected chi connectivity index (χ4v) is 2.81. The summed E-state index contributed by atoms with van der Waals surface area (Å²) in [6, 6.07) is 24.4. The summed E-state index contributed by atoms with van der Waals surface area (Å²) in [5.74, 6) is 1.29. The minimum Gasteiger partial charge on any atom is -0.497 e. The summed E-state index contributed by atoms with van der Waals surface area (Å²) >= 11 is 0. The Bertz CT molecular complexity index is 1100. The van der Waals surface area contributed by atoms with E-state index in [2.05, 4.69) is 5.43 Å². The van der Waals surface area contributed by atoms with Crippen molar-refractivity contribution in [3.8, 4) is 17.1 Å². The van der Waals surface area contributed by atoms with E-state index < -0.39 is 0 Å². The van der Waals surface area contributed by atoms with Gasteiger partial charge in [-0.2, -0.15) is 0 Å². The molecule has 0 amide bonds. The molecule has 0 aliphatic carbocycles. The van der Waals surface area contributed by atoms with Crippen LogP contribution in [0.1, 0.15) is 0 Å². The molecule has 5 nitrogen and oxygen atoms in total. The van der Waals surface area contributed by atoms with E-state index in [1.54, 1.807) is 13.2 Å². The molecule has 1 N–H and O–H groups in total. The molecule has 0 saturated heterocycles. The predicted molar refractivity (Wildman–Crippen MR) is 103 cm³/mol. The van der Waals surface area contributed by atoms with Crippen LogP contribution in [-0.4, -0.2) is 16.8 Å². The molecule has 0 radical (unpaired) electrons. The van der Waals surface area contributed by atoms with E-state index in [4.69, 9.17) is 9.72 Å². The third-order valence-electron chi connectivity index (χ3n) is 4.14. The lowest BCUT2D eigenvalue weighted by Gasteiger charge is -2.15. The summed E-state index contributed by atoms with van der Waals surface area (Å²) in [4.78, 5) is 17.8. The van der Waals surface area contributed by atoms with Crippen LogP contribution in [0.5, 0.6) is 5.75 Å². The number of nitrogens with one attached hydrogen (secondary N) is 1. The number of para-hydroxylation sites is 2. The van der Waals surface area contributed by atoms with Crippen LogP contribution in [0.25, 0.3) is 22.3 Å². The van der Waals surface area contributed by atoms with E-state index in [0.29, 0.717) is 16.7 Å². The quantitative estimate of drug-likeness (QED) is 0.610. The first-order chi connectivity index (χ1) is 12.8. The lowest BCUT2D eigenvalue weighted by molar-refractivity contribution is 0.415. The number of nitrogens with zero attached hydrogens (tertiary/aromatic N) is 2. The number of methoxy groups -OCH3 is 1. The van der Waals surface area contributed by atoms with Crippen LogP contribution in [-0.2, 0) is 0 Å². The van der Waals surface area contributed by atoms with E-state index in [9.17, 15) is 4.79 Å². The fourth-order valence-electron chi connectivity index (χ4n) is 2.81. The molecular formula is C21H17N3O2. The van der Waals surface area contributed by atoms with Crippen LogP contribution in [0.15, 0.2) is 83.7 Å². The van der Waals surface area contributed by atoms with Crippen LogP contribution >= 0.6 is 0 Å². The van der Waals surface area contributed by atoms with Gasteiger partial charge < -0.3 is 4.74 Å². The van der Waals surface area contributed by atoms with Gasteiger partial charge >= 0.3 is 0 Å². The predicted octanol–water partition coefficient (Wildman–Crippen LogP) is 3.95. The summed E-state index contributed by atoms with van der Waals surface area (Å²) in [5, 5.41) is 0.563. The molecule has 3 aromatic carbocycles. The smallest absolute Gasteiger partial charge is 0.280 e. The van der Waals surface area contributed by atoms with Crippen molar-refractivity contribution in [1.29, 1.82) is 0 Å².